The largest absolute Gasteiger partial charge is 0.489 e. The number of rotatable bonds is 7. The van der Waals surface area contributed by atoms with Crippen LogP contribution < -0.4 is 10.3 Å². The molecule has 1 aliphatic carbocycles. The quantitative estimate of drug-likeness (QED) is 0.377. The van der Waals surface area contributed by atoms with E-state index in [0.29, 0.717) is 48.3 Å². The van der Waals surface area contributed by atoms with Gasteiger partial charge in [0.2, 0.25) is 5.78 Å². The molecule has 0 unspecified atom stereocenters. The molecule has 6 rings (SSSR count). The molecule has 0 saturated heterocycles. The number of aryl methyl sites for hydroxylation is 1. The minimum atomic E-state index is -0.195. The van der Waals surface area contributed by atoms with E-state index in [9.17, 15) is 4.79 Å². The van der Waals surface area contributed by atoms with Gasteiger partial charge in [0.05, 0.1) is 0 Å². The van der Waals surface area contributed by atoms with Crippen LogP contribution in [0.4, 0.5) is 0 Å². The lowest BCUT2D eigenvalue weighted by molar-refractivity contribution is 0.306. The van der Waals surface area contributed by atoms with Crippen molar-refractivity contribution < 1.29 is 4.74 Å². The highest BCUT2D eigenvalue weighted by molar-refractivity contribution is 5.72. The van der Waals surface area contributed by atoms with Crippen molar-refractivity contribution in [2.75, 3.05) is 0 Å². The summed E-state index contributed by atoms with van der Waals surface area (Å²) < 4.78 is 9.27. The first-order valence-electron chi connectivity index (χ1n) is 12.3. The molecule has 3 aromatic heterocycles. The van der Waals surface area contributed by atoms with Crippen LogP contribution >= 0.6 is 0 Å². The Morgan fingerprint density at radius 2 is 1.77 bits per heavy atom. The second kappa shape index (κ2) is 9.02. The van der Waals surface area contributed by atoms with Crippen molar-refractivity contribution >= 4 is 16.9 Å². The number of nitrogens with one attached hydrogen (secondary N) is 1. The zero-order chi connectivity index (χ0) is 23.8. The molecular weight excluding hydrogens is 440 g/mol. The number of imidazole rings is 1. The summed E-state index contributed by atoms with van der Waals surface area (Å²) in [6.07, 6.45) is 5.20. The van der Waals surface area contributed by atoms with E-state index in [2.05, 4.69) is 10.1 Å². The van der Waals surface area contributed by atoms with Crippen molar-refractivity contribution in [3.8, 4) is 5.75 Å². The van der Waals surface area contributed by atoms with E-state index < -0.39 is 0 Å². The van der Waals surface area contributed by atoms with Gasteiger partial charge in [0.25, 0.3) is 0 Å². The summed E-state index contributed by atoms with van der Waals surface area (Å²) >= 11 is 0. The van der Waals surface area contributed by atoms with Crippen LogP contribution in [0.25, 0.3) is 16.9 Å². The Balaban J connectivity index is 1.25. The van der Waals surface area contributed by atoms with Gasteiger partial charge in [-0.25, -0.2) is 4.98 Å². The summed E-state index contributed by atoms with van der Waals surface area (Å²) in [5.74, 6) is 3.27. The molecule has 35 heavy (non-hydrogen) atoms. The normalized spacial score (nSPS) is 14.3. The first-order chi connectivity index (χ1) is 17.2. The summed E-state index contributed by atoms with van der Waals surface area (Å²) in [6.45, 7) is 3.22. The van der Waals surface area contributed by atoms with Crippen LogP contribution in [0.3, 0.4) is 0 Å². The van der Waals surface area contributed by atoms with E-state index in [4.69, 9.17) is 14.7 Å². The van der Waals surface area contributed by atoms with Crippen LogP contribution in [0, 0.1) is 0 Å². The number of ether oxygens (including phenoxy) is 1. The Kier molecular flexibility index (Phi) is 5.56. The van der Waals surface area contributed by atoms with Crippen LogP contribution in [0.2, 0.25) is 0 Å². The number of hydrogen-bond donors (Lipinski definition) is 1. The van der Waals surface area contributed by atoms with Gasteiger partial charge in [0, 0.05) is 18.9 Å². The van der Waals surface area contributed by atoms with Crippen LogP contribution in [0.1, 0.15) is 61.3 Å². The van der Waals surface area contributed by atoms with Gasteiger partial charge in [0.1, 0.15) is 18.2 Å². The molecular formula is C27H28N6O2. The summed E-state index contributed by atoms with van der Waals surface area (Å²) in [7, 11) is 0. The highest BCUT2D eigenvalue weighted by Crippen LogP contribution is 2.33. The molecule has 1 aliphatic rings. The zero-order valence-electron chi connectivity index (χ0n) is 19.8. The third kappa shape index (κ3) is 4.09. The standard InChI is InChI=1S/C27H28N6O2/c1-2-32-25-23(29-24(30-25)20-10-6-7-11-20)26(34)33-27(32)28-22(31-33)16-18-12-14-21(15-13-18)35-17-19-8-4-3-5-9-19/h3-5,8-9,12-15,20H,2,6-7,10-11,16-17H2,1H3,(H,29,30). The Morgan fingerprint density at radius 3 is 2.51 bits per heavy atom. The molecule has 8 heteroatoms. The van der Waals surface area contributed by atoms with Gasteiger partial charge in [0.15, 0.2) is 17.0 Å². The molecule has 0 aliphatic heterocycles. The van der Waals surface area contributed by atoms with E-state index in [1.54, 1.807) is 0 Å². The van der Waals surface area contributed by atoms with Gasteiger partial charge in [-0.05, 0) is 43.0 Å². The highest BCUT2D eigenvalue weighted by atomic mass is 16.5. The molecule has 0 radical (unpaired) electrons. The molecule has 2 aromatic carbocycles. The number of hydrogen-bond acceptors (Lipinski definition) is 5. The summed E-state index contributed by atoms with van der Waals surface area (Å²) in [4.78, 5) is 26.1. The van der Waals surface area contributed by atoms with Crippen LogP contribution in [-0.4, -0.2) is 29.1 Å². The van der Waals surface area contributed by atoms with Gasteiger partial charge in [-0.3, -0.25) is 9.36 Å². The van der Waals surface area contributed by atoms with Gasteiger partial charge >= 0.3 is 5.56 Å². The van der Waals surface area contributed by atoms with E-state index in [-0.39, 0.29) is 5.56 Å². The average molecular weight is 469 g/mol. The van der Waals surface area contributed by atoms with Crippen molar-refractivity contribution in [3.63, 3.8) is 0 Å². The van der Waals surface area contributed by atoms with Gasteiger partial charge < -0.3 is 9.72 Å². The summed E-state index contributed by atoms with van der Waals surface area (Å²) in [5.41, 5.74) is 3.17. The second-order valence-corrected chi connectivity index (χ2v) is 9.19. The SMILES string of the molecule is CCn1c2nc(C3CCCC3)[nH]c2c(=O)n2nc(Cc3ccc(OCc4ccccc4)cc3)nc12. The molecule has 8 nitrogen and oxygen atoms in total. The van der Waals surface area contributed by atoms with Crippen molar-refractivity contribution in [1.29, 1.82) is 0 Å². The molecule has 5 aromatic rings. The van der Waals surface area contributed by atoms with E-state index in [1.807, 2.05) is 66.1 Å². The lowest BCUT2D eigenvalue weighted by Crippen LogP contribution is -2.19. The fourth-order valence-electron chi connectivity index (χ4n) is 4.97. The average Bonchev–Trinajstić information content (AvgIpc) is 3.65. The van der Waals surface area contributed by atoms with E-state index in [1.165, 1.54) is 17.4 Å². The number of benzene rings is 2. The monoisotopic (exact) mass is 468 g/mol. The highest BCUT2D eigenvalue weighted by Gasteiger charge is 2.24. The summed E-state index contributed by atoms with van der Waals surface area (Å²) in [5, 5.41) is 4.56. The topological polar surface area (TPSA) is 90.1 Å². The molecule has 0 amide bonds. The smallest absolute Gasteiger partial charge is 0.301 e. The van der Waals surface area contributed by atoms with E-state index in [0.717, 1.165) is 35.5 Å². The number of aromatic nitrogens is 6. The van der Waals surface area contributed by atoms with Gasteiger partial charge in [-0.1, -0.05) is 55.3 Å². The first kappa shape index (κ1) is 21.6. The third-order valence-corrected chi connectivity index (χ3v) is 6.83. The Hall–Kier alpha value is -3.94. The van der Waals surface area contributed by atoms with Crippen molar-refractivity contribution in [3.05, 3.63) is 87.7 Å². The maximum atomic E-state index is 13.2. The summed E-state index contributed by atoms with van der Waals surface area (Å²) in [6, 6.07) is 18.0. The molecule has 1 fully saturated rings. The second-order valence-electron chi connectivity index (χ2n) is 9.19. The van der Waals surface area contributed by atoms with Crippen molar-refractivity contribution in [2.45, 2.75) is 58.1 Å². The molecule has 0 spiro atoms. The molecule has 0 atom stereocenters. The lowest BCUT2D eigenvalue weighted by atomic mass is 10.1. The maximum Gasteiger partial charge on any atom is 0.301 e. The minimum absolute atomic E-state index is 0.195. The zero-order valence-corrected chi connectivity index (χ0v) is 19.8. The van der Waals surface area contributed by atoms with Crippen molar-refractivity contribution in [1.82, 2.24) is 29.1 Å². The Bertz CT molecular complexity index is 1530. The number of H-pyrrole nitrogens is 1. The fraction of sp³-hybridized carbons (Fsp3) is 0.333. The number of aromatic amines is 1. The van der Waals surface area contributed by atoms with Gasteiger partial charge in [-0.15, -0.1) is 5.10 Å². The predicted molar refractivity (Wildman–Crippen MR) is 134 cm³/mol. The van der Waals surface area contributed by atoms with Gasteiger partial charge in [-0.2, -0.15) is 9.50 Å². The molecule has 0 bridgehead atoms. The third-order valence-electron chi connectivity index (χ3n) is 6.83. The molecule has 178 valence electrons. The lowest BCUT2D eigenvalue weighted by Gasteiger charge is -2.07. The Morgan fingerprint density at radius 1 is 1.00 bits per heavy atom. The van der Waals surface area contributed by atoms with Crippen LogP contribution in [-0.2, 0) is 19.6 Å². The predicted octanol–water partition coefficient (Wildman–Crippen LogP) is 4.61. The Labute approximate surface area is 202 Å². The molecule has 1 N–H and O–H groups in total. The first-order valence-corrected chi connectivity index (χ1v) is 12.3. The minimum Gasteiger partial charge on any atom is -0.489 e. The van der Waals surface area contributed by atoms with E-state index >= 15 is 0 Å². The van der Waals surface area contributed by atoms with Crippen molar-refractivity contribution in [2.24, 2.45) is 0 Å². The van der Waals surface area contributed by atoms with Crippen LogP contribution in [0.5, 0.6) is 5.75 Å². The fourth-order valence-corrected chi connectivity index (χ4v) is 4.97. The maximum absolute atomic E-state index is 13.2. The van der Waals surface area contributed by atoms with Crippen LogP contribution in [0.15, 0.2) is 59.4 Å². The molecule has 3 heterocycles. The number of nitrogens with zero attached hydrogens (tertiary/aromatic N) is 5. The molecule has 1 saturated carbocycles. The number of fused-ring (bicyclic) bond motifs is 2.